The van der Waals surface area contributed by atoms with Crippen LogP contribution in [0.15, 0.2) is 12.2 Å². The molecule has 1 aliphatic heterocycles. The molecule has 0 aromatic rings. The van der Waals surface area contributed by atoms with Crippen LogP contribution in [0.1, 0.15) is 113 Å². The third-order valence-corrected chi connectivity index (χ3v) is 11.9. The molecule has 0 bridgehead atoms. The van der Waals surface area contributed by atoms with Gasteiger partial charge in [0.15, 0.2) is 0 Å². The molecule has 5 rings (SSSR count). The highest BCUT2D eigenvalue weighted by atomic mass is 17.1. The van der Waals surface area contributed by atoms with Crippen LogP contribution in [0.25, 0.3) is 0 Å². The second kappa shape index (κ2) is 11.9. The van der Waals surface area contributed by atoms with Gasteiger partial charge in [-0.15, -0.1) is 19.4 Å². The van der Waals surface area contributed by atoms with Gasteiger partial charge in [0.05, 0.1) is 12.7 Å². The molecule has 4 heteroatoms. The van der Waals surface area contributed by atoms with Gasteiger partial charge in [-0.25, -0.2) is 4.89 Å². The first-order valence-corrected chi connectivity index (χ1v) is 14.5. The van der Waals surface area contributed by atoms with Gasteiger partial charge in [0.2, 0.25) is 0 Å². The highest BCUT2D eigenvalue weighted by molar-refractivity contribution is 5.61. The highest BCUT2D eigenvalue weighted by Gasteiger charge is 2.69. The van der Waals surface area contributed by atoms with Crippen molar-refractivity contribution in [3.8, 4) is 12.8 Å². The van der Waals surface area contributed by atoms with Crippen molar-refractivity contribution in [1.29, 1.82) is 0 Å². The predicted molar refractivity (Wildman–Crippen MR) is 153 cm³/mol. The molecule has 5 aliphatic rings. The zero-order chi connectivity index (χ0) is 28.3. The Morgan fingerprint density at radius 1 is 0.892 bits per heavy atom. The van der Waals surface area contributed by atoms with Crippen molar-refractivity contribution >= 4 is 6.29 Å². The topological polar surface area (TPSA) is 55.8 Å². The van der Waals surface area contributed by atoms with Crippen LogP contribution in [0.4, 0.5) is 0 Å². The molecule has 8 atom stereocenters. The lowest BCUT2D eigenvalue weighted by Gasteiger charge is -2.72. The van der Waals surface area contributed by atoms with Crippen LogP contribution >= 0.6 is 0 Å². The Bertz CT molecular complexity index is 812. The van der Waals surface area contributed by atoms with E-state index in [1.54, 1.807) is 0 Å². The van der Waals surface area contributed by atoms with E-state index in [9.17, 15) is 4.79 Å². The Balaban J connectivity index is 0.000000473. The van der Waals surface area contributed by atoms with Crippen molar-refractivity contribution in [2.24, 2.45) is 45.3 Å². The van der Waals surface area contributed by atoms with E-state index in [1.807, 2.05) is 13.8 Å². The summed E-state index contributed by atoms with van der Waals surface area (Å²) in [6.07, 6.45) is 22.3. The Morgan fingerprint density at radius 3 is 2.05 bits per heavy atom. The zero-order valence-corrected chi connectivity index (χ0v) is 25.2. The summed E-state index contributed by atoms with van der Waals surface area (Å²) in [6.45, 7) is 21.1. The van der Waals surface area contributed by atoms with Gasteiger partial charge in [-0.05, 0) is 125 Å². The molecular weight excluding hydrogens is 460 g/mol. The minimum Gasteiger partial charge on any atom is -0.375 e. The smallest absolute Gasteiger partial charge is 0.126 e. The van der Waals surface area contributed by atoms with Crippen molar-refractivity contribution in [3.05, 3.63) is 12.2 Å². The summed E-state index contributed by atoms with van der Waals surface area (Å²) >= 11 is 0. The minimum atomic E-state index is 0.0246. The molecule has 1 heterocycles. The third kappa shape index (κ3) is 5.35. The standard InChI is InChI=1S/C26H42O2.C4H8.C2H2.CH4O2/c1-22(2)20-10-12-25(5)21(23(20,3)15-16-28-22)9-8-18-19-7-6-11-26(19,17-27)14-13-24(18,25)4;1-4(2)3;1-2;1-3-2/h17-21H,6-16H2,1-5H3;1H2,2-3H3;1-2H;2H,1H3/t18?,19-,20?,21?,23?,24-,25-,26-;;;/m1.../s1. The van der Waals surface area contributed by atoms with Gasteiger partial charge < -0.3 is 9.53 Å². The Labute approximate surface area is 228 Å². The molecule has 1 N–H and O–H groups in total. The lowest BCUT2D eigenvalue weighted by Crippen LogP contribution is -2.66. The average Bonchev–Trinajstić information content (AvgIpc) is 3.25. The molecule has 4 saturated carbocycles. The second-order valence-electron chi connectivity index (χ2n) is 14.1. The number of terminal acetylenes is 1. The molecule has 5 fully saturated rings. The molecule has 1 saturated heterocycles. The van der Waals surface area contributed by atoms with Crippen LogP contribution in [0, 0.1) is 58.2 Å². The summed E-state index contributed by atoms with van der Waals surface area (Å²) in [7, 11) is 1.18. The second-order valence-corrected chi connectivity index (χ2v) is 14.1. The number of aldehydes is 1. The molecule has 37 heavy (non-hydrogen) atoms. The lowest BCUT2D eigenvalue weighted by molar-refractivity contribution is -0.260. The summed E-state index contributed by atoms with van der Waals surface area (Å²) in [5.74, 6) is 2.94. The van der Waals surface area contributed by atoms with Gasteiger partial charge in [-0.1, -0.05) is 32.8 Å². The first-order valence-electron chi connectivity index (χ1n) is 14.5. The monoisotopic (exact) mass is 516 g/mol. The summed E-state index contributed by atoms with van der Waals surface area (Å²) < 4.78 is 6.29. The Kier molecular flexibility index (Phi) is 10.3. The maximum absolute atomic E-state index is 12.2. The fourth-order valence-electron chi connectivity index (χ4n) is 10.3. The molecule has 0 radical (unpaired) electrons. The number of hydrogen-bond acceptors (Lipinski definition) is 4. The predicted octanol–water partition coefficient (Wildman–Crippen LogP) is 8.36. The molecule has 4 unspecified atom stereocenters. The number of carbonyl (C=O) groups is 1. The van der Waals surface area contributed by atoms with Crippen molar-refractivity contribution in [2.75, 3.05) is 13.7 Å². The number of ether oxygens (including phenoxy) is 1. The summed E-state index contributed by atoms with van der Waals surface area (Å²) in [6, 6.07) is 0. The number of rotatable bonds is 1. The van der Waals surface area contributed by atoms with Crippen LogP contribution in [0.5, 0.6) is 0 Å². The molecule has 0 amide bonds. The van der Waals surface area contributed by atoms with Gasteiger partial charge in [0.1, 0.15) is 6.29 Å². The van der Waals surface area contributed by atoms with Crippen molar-refractivity contribution in [3.63, 3.8) is 0 Å². The Morgan fingerprint density at radius 2 is 1.49 bits per heavy atom. The molecule has 0 aromatic carbocycles. The van der Waals surface area contributed by atoms with Crippen LogP contribution in [-0.4, -0.2) is 30.9 Å². The van der Waals surface area contributed by atoms with Gasteiger partial charge in [0, 0.05) is 12.0 Å². The molecule has 212 valence electrons. The van der Waals surface area contributed by atoms with Crippen LogP contribution < -0.4 is 0 Å². The number of carbonyl (C=O) groups excluding carboxylic acids is 1. The SMILES string of the molecule is C#C.C=C(C)C.CC1(C)OCCC2(C)C1CC[C@]1(C)C2CCC2[C@H]3CCC[C@]3(C=O)CC[C@]21C.COO. The van der Waals surface area contributed by atoms with E-state index < -0.39 is 0 Å². The van der Waals surface area contributed by atoms with Gasteiger partial charge in [-0.3, -0.25) is 5.26 Å². The van der Waals surface area contributed by atoms with Gasteiger partial charge in [-0.2, -0.15) is 0 Å². The molecule has 4 nitrogen and oxygen atoms in total. The van der Waals surface area contributed by atoms with E-state index in [0.29, 0.717) is 28.1 Å². The lowest BCUT2D eigenvalue weighted by atomic mass is 9.34. The van der Waals surface area contributed by atoms with Crippen molar-refractivity contribution in [1.82, 2.24) is 0 Å². The number of allylic oxidation sites excluding steroid dienone is 1. The fraction of sp³-hybridized carbons (Fsp3) is 0.848. The molecule has 4 aliphatic carbocycles. The van der Waals surface area contributed by atoms with E-state index in [0.717, 1.165) is 24.9 Å². The molecule has 0 spiro atoms. The first kappa shape index (κ1) is 32.1. The van der Waals surface area contributed by atoms with E-state index >= 15 is 0 Å². The van der Waals surface area contributed by atoms with E-state index in [4.69, 9.17) is 9.99 Å². The van der Waals surface area contributed by atoms with Gasteiger partial charge in [0.25, 0.3) is 0 Å². The Hall–Kier alpha value is -1.15. The van der Waals surface area contributed by atoms with E-state index in [-0.39, 0.29) is 11.0 Å². The summed E-state index contributed by atoms with van der Waals surface area (Å²) in [4.78, 5) is 15.5. The van der Waals surface area contributed by atoms with Gasteiger partial charge >= 0.3 is 0 Å². The van der Waals surface area contributed by atoms with E-state index in [1.165, 1.54) is 76.8 Å². The summed E-state index contributed by atoms with van der Waals surface area (Å²) in [5.41, 5.74) is 2.48. The third-order valence-electron chi connectivity index (χ3n) is 11.9. The highest BCUT2D eigenvalue weighted by Crippen LogP contribution is 2.75. The first-order chi connectivity index (χ1) is 17.3. The number of fused-ring (bicyclic) bond motifs is 7. The van der Waals surface area contributed by atoms with Crippen LogP contribution in [-0.2, 0) is 14.4 Å². The van der Waals surface area contributed by atoms with Crippen molar-refractivity contribution in [2.45, 2.75) is 118 Å². The fourth-order valence-corrected chi connectivity index (χ4v) is 10.3. The average molecular weight is 517 g/mol. The molecule has 0 aromatic heterocycles. The number of hydrogen-bond donors (Lipinski definition) is 1. The van der Waals surface area contributed by atoms with Crippen LogP contribution in [0.2, 0.25) is 0 Å². The molecular formula is C33H56O4. The van der Waals surface area contributed by atoms with Crippen LogP contribution in [0.3, 0.4) is 0 Å². The minimum absolute atomic E-state index is 0.0246. The summed E-state index contributed by atoms with van der Waals surface area (Å²) in [5, 5.41) is 7.07. The maximum atomic E-state index is 12.2. The zero-order valence-electron chi connectivity index (χ0n) is 25.2. The largest absolute Gasteiger partial charge is 0.375 e. The van der Waals surface area contributed by atoms with Crippen molar-refractivity contribution < 1.29 is 19.7 Å². The normalized spacial score (nSPS) is 44.7. The maximum Gasteiger partial charge on any atom is 0.126 e. The quantitative estimate of drug-likeness (QED) is 0.125. The van der Waals surface area contributed by atoms with E-state index in [2.05, 4.69) is 58.9 Å².